The molecule has 100 valence electrons. The van der Waals surface area contributed by atoms with Crippen molar-refractivity contribution < 1.29 is 0 Å². The fraction of sp³-hybridized carbons (Fsp3) is 0.647. The van der Waals surface area contributed by atoms with Gasteiger partial charge in [0.05, 0.1) is 0 Å². The van der Waals surface area contributed by atoms with Crippen LogP contribution >= 0.6 is 0 Å². The van der Waals surface area contributed by atoms with Crippen molar-refractivity contribution >= 4 is 5.69 Å². The lowest BCUT2D eigenvalue weighted by molar-refractivity contribution is 0.525. The lowest BCUT2D eigenvalue weighted by atomic mass is 10.1. The van der Waals surface area contributed by atoms with Crippen molar-refractivity contribution in [3.8, 4) is 0 Å². The Labute approximate surface area is 112 Å². The van der Waals surface area contributed by atoms with Gasteiger partial charge in [0.1, 0.15) is 0 Å². The van der Waals surface area contributed by atoms with Crippen molar-refractivity contribution in [2.24, 2.45) is 5.92 Å². The maximum Gasteiger partial charge on any atom is 0.0342 e. The molecule has 1 nitrogen and oxygen atoms in total. The van der Waals surface area contributed by atoms with Crippen molar-refractivity contribution in [3.05, 3.63) is 29.8 Å². The van der Waals surface area contributed by atoms with Crippen LogP contribution in [0.4, 0.5) is 5.69 Å². The molecular weight excluding hydrogens is 218 g/mol. The van der Waals surface area contributed by atoms with Crippen molar-refractivity contribution in [3.63, 3.8) is 0 Å². The largest absolute Gasteiger partial charge is 0.382 e. The Morgan fingerprint density at radius 1 is 1.11 bits per heavy atom. The molecule has 1 heteroatoms. The minimum absolute atomic E-state index is 0.705. The van der Waals surface area contributed by atoms with Gasteiger partial charge >= 0.3 is 0 Å². The fourth-order valence-corrected chi connectivity index (χ4v) is 2.96. The number of hydrogen-bond acceptors (Lipinski definition) is 1. The number of hydrogen-bond donors (Lipinski definition) is 1. The van der Waals surface area contributed by atoms with E-state index in [1.165, 1.54) is 56.2 Å². The minimum atomic E-state index is 0.705. The Morgan fingerprint density at radius 3 is 2.50 bits per heavy atom. The Morgan fingerprint density at radius 2 is 1.89 bits per heavy atom. The molecule has 0 radical (unpaired) electrons. The van der Waals surface area contributed by atoms with Crippen LogP contribution in [0.1, 0.15) is 57.9 Å². The van der Waals surface area contributed by atoms with Gasteiger partial charge in [-0.15, -0.1) is 0 Å². The molecule has 0 amide bonds. The molecule has 0 heterocycles. The third-order valence-corrected chi connectivity index (χ3v) is 4.26. The summed E-state index contributed by atoms with van der Waals surface area (Å²) in [5, 5.41) is 3.69. The molecule has 1 fully saturated rings. The average molecular weight is 245 g/mol. The summed E-state index contributed by atoms with van der Waals surface area (Å²) < 4.78 is 0. The quantitative estimate of drug-likeness (QED) is 0.742. The summed E-state index contributed by atoms with van der Waals surface area (Å²) >= 11 is 0. The number of anilines is 1. The predicted octanol–water partition coefficient (Wildman–Crippen LogP) is 5.02. The zero-order valence-electron chi connectivity index (χ0n) is 11.9. The molecule has 0 saturated heterocycles. The number of aryl methyl sites for hydroxylation is 1. The van der Waals surface area contributed by atoms with Gasteiger partial charge in [0, 0.05) is 11.7 Å². The van der Waals surface area contributed by atoms with Gasteiger partial charge in [-0.1, -0.05) is 38.8 Å². The van der Waals surface area contributed by atoms with Crippen LogP contribution in [0.2, 0.25) is 0 Å². The van der Waals surface area contributed by atoms with Crippen LogP contribution in [0.15, 0.2) is 24.3 Å². The third kappa shape index (κ3) is 3.76. The fourth-order valence-electron chi connectivity index (χ4n) is 2.96. The van der Waals surface area contributed by atoms with Crippen LogP contribution in [0.3, 0.4) is 0 Å². The van der Waals surface area contributed by atoms with E-state index in [1.807, 2.05) is 0 Å². The van der Waals surface area contributed by atoms with E-state index in [1.54, 1.807) is 0 Å². The lowest BCUT2D eigenvalue weighted by Gasteiger charge is -2.14. The number of unbranched alkanes of at least 4 members (excludes halogenated alkanes) is 1. The normalized spacial score (nSPS) is 23.2. The van der Waals surface area contributed by atoms with Gasteiger partial charge < -0.3 is 5.32 Å². The first kappa shape index (κ1) is 13.5. The number of nitrogens with one attached hydrogen (secondary N) is 1. The zero-order chi connectivity index (χ0) is 12.8. The maximum absolute atomic E-state index is 3.69. The van der Waals surface area contributed by atoms with E-state index in [4.69, 9.17) is 0 Å². The van der Waals surface area contributed by atoms with Gasteiger partial charge in [0.2, 0.25) is 0 Å². The molecular formula is C17H27N. The molecule has 18 heavy (non-hydrogen) atoms. The highest BCUT2D eigenvalue weighted by atomic mass is 14.9. The Hall–Kier alpha value is -0.980. The number of rotatable bonds is 6. The van der Waals surface area contributed by atoms with Gasteiger partial charge in [-0.2, -0.15) is 0 Å². The predicted molar refractivity (Wildman–Crippen MR) is 80.1 cm³/mol. The highest BCUT2D eigenvalue weighted by Crippen LogP contribution is 2.30. The Kier molecular flexibility index (Phi) is 5.10. The molecule has 1 aliphatic carbocycles. The SMILES string of the molecule is CCCCc1ccc(NC2CCC(CC)C2)cc1. The van der Waals surface area contributed by atoms with Gasteiger partial charge in [0.15, 0.2) is 0 Å². The highest BCUT2D eigenvalue weighted by molar-refractivity contribution is 5.45. The number of benzene rings is 1. The first-order valence-corrected chi connectivity index (χ1v) is 7.67. The van der Waals surface area contributed by atoms with E-state index in [9.17, 15) is 0 Å². The maximum atomic E-state index is 3.69. The molecule has 2 rings (SSSR count). The van der Waals surface area contributed by atoms with E-state index in [0.29, 0.717) is 6.04 Å². The molecule has 0 spiro atoms. The van der Waals surface area contributed by atoms with E-state index in [2.05, 4.69) is 43.4 Å². The molecule has 1 saturated carbocycles. The molecule has 2 unspecified atom stereocenters. The van der Waals surface area contributed by atoms with Crippen LogP contribution in [0, 0.1) is 5.92 Å². The van der Waals surface area contributed by atoms with E-state index in [0.717, 1.165) is 5.92 Å². The zero-order valence-corrected chi connectivity index (χ0v) is 11.9. The smallest absolute Gasteiger partial charge is 0.0342 e. The van der Waals surface area contributed by atoms with Gasteiger partial charge in [-0.05, 0) is 55.7 Å². The van der Waals surface area contributed by atoms with Crippen LogP contribution in [-0.4, -0.2) is 6.04 Å². The third-order valence-electron chi connectivity index (χ3n) is 4.26. The second-order valence-electron chi connectivity index (χ2n) is 5.73. The molecule has 1 aliphatic rings. The van der Waals surface area contributed by atoms with E-state index in [-0.39, 0.29) is 0 Å². The molecule has 1 N–H and O–H groups in total. The van der Waals surface area contributed by atoms with Gasteiger partial charge in [-0.25, -0.2) is 0 Å². The van der Waals surface area contributed by atoms with Crippen LogP contribution in [0.5, 0.6) is 0 Å². The summed E-state index contributed by atoms with van der Waals surface area (Å²) in [6.07, 6.45) is 9.24. The van der Waals surface area contributed by atoms with Crippen molar-refractivity contribution in [2.45, 2.75) is 64.8 Å². The van der Waals surface area contributed by atoms with Crippen LogP contribution in [0.25, 0.3) is 0 Å². The molecule has 1 aromatic carbocycles. The van der Waals surface area contributed by atoms with Crippen LogP contribution < -0.4 is 5.32 Å². The van der Waals surface area contributed by atoms with E-state index >= 15 is 0 Å². The Bertz CT molecular complexity index is 341. The summed E-state index contributed by atoms with van der Waals surface area (Å²) in [7, 11) is 0. The first-order chi connectivity index (χ1) is 8.81. The molecule has 0 aliphatic heterocycles. The minimum Gasteiger partial charge on any atom is -0.382 e. The monoisotopic (exact) mass is 245 g/mol. The standard InChI is InChI=1S/C17H27N/c1-3-5-6-15-8-10-16(11-9-15)18-17-12-7-14(4-2)13-17/h8-11,14,17-18H,3-7,12-13H2,1-2H3. The van der Waals surface area contributed by atoms with Crippen molar-refractivity contribution in [1.29, 1.82) is 0 Å². The summed E-state index contributed by atoms with van der Waals surface area (Å²) in [6.45, 7) is 4.57. The highest BCUT2D eigenvalue weighted by Gasteiger charge is 2.22. The van der Waals surface area contributed by atoms with Crippen molar-refractivity contribution in [1.82, 2.24) is 0 Å². The topological polar surface area (TPSA) is 12.0 Å². The summed E-state index contributed by atoms with van der Waals surface area (Å²) in [6, 6.07) is 9.78. The summed E-state index contributed by atoms with van der Waals surface area (Å²) in [5.74, 6) is 0.950. The van der Waals surface area contributed by atoms with Gasteiger partial charge in [-0.3, -0.25) is 0 Å². The molecule has 0 bridgehead atoms. The lowest BCUT2D eigenvalue weighted by Crippen LogP contribution is -2.15. The second kappa shape index (κ2) is 6.82. The molecule has 1 aromatic rings. The molecule has 0 aromatic heterocycles. The second-order valence-corrected chi connectivity index (χ2v) is 5.73. The van der Waals surface area contributed by atoms with Crippen molar-refractivity contribution in [2.75, 3.05) is 5.32 Å². The summed E-state index contributed by atoms with van der Waals surface area (Å²) in [5.41, 5.74) is 2.78. The van der Waals surface area contributed by atoms with E-state index < -0.39 is 0 Å². The molecule has 2 atom stereocenters. The van der Waals surface area contributed by atoms with Crippen LogP contribution in [-0.2, 0) is 6.42 Å². The van der Waals surface area contributed by atoms with Gasteiger partial charge in [0.25, 0.3) is 0 Å². The Balaban J connectivity index is 1.83. The summed E-state index contributed by atoms with van der Waals surface area (Å²) in [4.78, 5) is 0. The average Bonchev–Trinajstić information content (AvgIpc) is 2.86. The first-order valence-electron chi connectivity index (χ1n) is 7.67.